The molecular weight excluding hydrogens is 365 g/mol. The van der Waals surface area contributed by atoms with Gasteiger partial charge in [0.25, 0.3) is 0 Å². The minimum absolute atomic E-state index is 0.277. The number of carbonyl (C=O) groups is 2. The fraction of sp³-hybridized carbons (Fsp3) is 0.200. The molecule has 0 aliphatic heterocycles. The van der Waals surface area contributed by atoms with Gasteiger partial charge in [-0.2, -0.15) is 0 Å². The average molecular weight is 385 g/mol. The number of carbonyl (C=O) groups excluding carboxylic acids is 2. The van der Waals surface area contributed by atoms with Crippen molar-refractivity contribution in [2.45, 2.75) is 6.54 Å². The predicted molar refractivity (Wildman–Crippen MR) is 105 cm³/mol. The molecule has 0 fully saturated rings. The van der Waals surface area contributed by atoms with Crippen LogP contribution in [0.2, 0.25) is 0 Å². The maximum absolute atomic E-state index is 13.1. The summed E-state index contributed by atoms with van der Waals surface area (Å²) >= 11 is 0. The second kappa shape index (κ2) is 9.83. The molecule has 0 bridgehead atoms. The van der Waals surface area contributed by atoms with Crippen LogP contribution in [0.25, 0.3) is 0 Å². The lowest BCUT2D eigenvalue weighted by molar-refractivity contribution is 0.185. The lowest BCUT2D eigenvalue weighted by Gasteiger charge is -2.24. The van der Waals surface area contributed by atoms with Gasteiger partial charge in [-0.1, -0.05) is 18.1 Å². The molecule has 0 heterocycles. The minimum Gasteiger partial charge on any atom is -0.453 e. The third-order valence-electron chi connectivity index (χ3n) is 3.78. The molecule has 0 radical (unpaired) electrons. The van der Waals surface area contributed by atoms with Crippen LogP contribution in [-0.2, 0) is 16.0 Å². The Bertz CT molecular complexity index is 878. The van der Waals surface area contributed by atoms with Gasteiger partial charge in [0.15, 0.2) is 0 Å². The number of methoxy groups -OCH3 is 2. The van der Waals surface area contributed by atoms with E-state index >= 15 is 0 Å². The molecular formula is C20H20FN3O4. The summed E-state index contributed by atoms with van der Waals surface area (Å²) in [7, 11) is 2.46. The molecule has 0 spiro atoms. The predicted octanol–water partition coefficient (Wildman–Crippen LogP) is 3.82. The fourth-order valence-electron chi connectivity index (χ4n) is 2.42. The molecule has 0 aromatic heterocycles. The molecule has 0 aliphatic rings. The van der Waals surface area contributed by atoms with Crippen LogP contribution >= 0.6 is 0 Å². The van der Waals surface area contributed by atoms with Crippen LogP contribution in [0.4, 0.5) is 31.0 Å². The van der Waals surface area contributed by atoms with Gasteiger partial charge in [-0.15, -0.1) is 6.42 Å². The average Bonchev–Trinajstić information content (AvgIpc) is 2.70. The SMILES string of the molecule is C#CCN(Cc1ccc(F)cc1)c1ccc(NC(=O)OC)c(NC(=O)OC)c1. The Morgan fingerprint density at radius 2 is 1.64 bits per heavy atom. The number of anilines is 3. The molecule has 0 saturated carbocycles. The third-order valence-corrected chi connectivity index (χ3v) is 3.78. The van der Waals surface area contributed by atoms with E-state index in [9.17, 15) is 14.0 Å². The van der Waals surface area contributed by atoms with Crippen LogP contribution in [0.5, 0.6) is 0 Å². The van der Waals surface area contributed by atoms with E-state index < -0.39 is 12.2 Å². The summed E-state index contributed by atoms with van der Waals surface area (Å²) in [5.41, 5.74) is 2.17. The summed E-state index contributed by atoms with van der Waals surface area (Å²) in [4.78, 5) is 25.1. The van der Waals surface area contributed by atoms with Crippen LogP contribution < -0.4 is 15.5 Å². The molecule has 0 atom stereocenters. The van der Waals surface area contributed by atoms with Crippen molar-refractivity contribution in [1.29, 1.82) is 0 Å². The molecule has 0 aliphatic carbocycles. The fourth-order valence-corrected chi connectivity index (χ4v) is 2.42. The summed E-state index contributed by atoms with van der Waals surface area (Å²) in [5.74, 6) is 2.25. The van der Waals surface area contributed by atoms with Gasteiger partial charge in [0.1, 0.15) is 5.82 Å². The number of nitrogens with one attached hydrogen (secondary N) is 2. The third kappa shape index (κ3) is 5.64. The zero-order valence-electron chi connectivity index (χ0n) is 15.5. The first kappa shape index (κ1) is 20.6. The van der Waals surface area contributed by atoms with Crippen LogP contribution in [0.15, 0.2) is 42.5 Å². The summed E-state index contributed by atoms with van der Waals surface area (Å²) in [6.07, 6.45) is 4.09. The van der Waals surface area contributed by atoms with Gasteiger partial charge in [-0.3, -0.25) is 10.6 Å². The first-order valence-corrected chi connectivity index (χ1v) is 8.23. The van der Waals surface area contributed by atoms with Crippen LogP contribution in [0.3, 0.4) is 0 Å². The Morgan fingerprint density at radius 1 is 1.04 bits per heavy atom. The zero-order valence-corrected chi connectivity index (χ0v) is 15.5. The van der Waals surface area contributed by atoms with Crippen molar-refractivity contribution in [2.75, 3.05) is 36.3 Å². The highest BCUT2D eigenvalue weighted by atomic mass is 19.1. The number of halogens is 1. The molecule has 146 valence electrons. The molecule has 2 amide bonds. The summed E-state index contributed by atoms with van der Waals surface area (Å²) in [6, 6.07) is 11.1. The highest BCUT2D eigenvalue weighted by Gasteiger charge is 2.14. The monoisotopic (exact) mass is 385 g/mol. The second-order valence-electron chi connectivity index (χ2n) is 5.65. The molecule has 7 nitrogen and oxygen atoms in total. The highest BCUT2D eigenvalue weighted by Crippen LogP contribution is 2.29. The highest BCUT2D eigenvalue weighted by molar-refractivity contribution is 5.96. The zero-order chi connectivity index (χ0) is 20.5. The van der Waals surface area contributed by atoms with E-state index in [4.69, 9.17) is 6.42 Å². The molecule has 0 unspecified atom stereocenters. The summed E-state index contributed by atoms with van der Waals surface area (Å²) < 4.78 is 22.3. The number of nitrogens with zero attached hydrogens (tertiary/aromatic N) is 1. The van der Waals surface area contributed by atoms with Crippen molar-refractivity contribution < 1.29 is 23.5 Å². The molecule has 8 heteroatoms. The van der Waals surface area contributed by atoms with Crippen LogP contribution in [0, 0.1) is 18.2 Å². The summed E-state index contributed by atoms with van der Waals surface area (Å²) in [6.45, 7) is 0.699. The quantitative estimate of drug-likeness (QED) is 0.739. The van der Waals surface area contributed by atoms with Crippen molar-refractivity contribution in [2.24, 2.45) is 0 Å². The van der Waals surface area contributed by atoms with Crippen LogP contribution in [0.1, 0.15) is 5.56 Å². The van der Waals surface area contributed by atoms with Gasteiger partial charge in [0.05, 0.1) is 32.1 Å². The lowest BCUT2D eigenvalue weighted by Crippen LogP contribution is -2.23. The van der Waals surface area contributed by atoms with Crippen molar-refractivity contribution in [3.63, 3.8) is 0 Å². The normalized spacial score (nSPS) is 9.79. The van der Waals surface area contributed by atoms with Gasteiger partial charge >= 0.3 is 12.2 Å². The first-order valence-electron chi connectivity index (χ1n) is 8.23. The molecule has 28 heavy (non-hydrogen) atoms. The van der Waals surface area contributed by atoms with Gasteiger partial charge in [0, 0.05) is 12.2 Å². The number of terminal acetylenes is 1. The van der Waals surface area contributed by atoms with Crippen LogP contribution in [-0.4, -0.2) is 33.0 Å². The number of rotatable bonds is 6. The van der Waals surface area contributed by atoms with E-state index in [1.54, 1.807) is 30.3 Å². The van der Waals surface area contributed by atoms with Gasteiger partial charge in [0.2, 0.25) is 0 Å². The maximum atomic E-state index is 13.1. The Labute approximate surface area is 162 Å². The van der Waals surface area contributed by atoms with Gasteiger partial charge in [-0.25, -0.2) is 14.0 Å². The largest absolute Gasteiger partial charge is 0.453 e. The lowest BCUT2D eigenvalue weighted by atomic mass is 10.1. The van der Waals surface area contributed by atoms with Crippen molar-refractivity contribution in [3.8, 4) is 12.3 Å². The van der Waals surface area contributed by atoms with E-state index in [1.165, 1.54) is 26.4 Å². The van der Waals surface area contributed by atoms with Crippen molar-refractivity contribution in [3.05, 3.63) is 53.8 Å². The Kier molecular flexibility index (Phi) is 7.22. The first-order chi connectivity index (χ1) is 13.5. The topological polar surface area (TPSA) is 79.9 Å². The van der Waals surface area contributed by atoms with E-state index in [0.717, 1.165) is 5.56 Å². The van der Waals surface area contributed by atoms with Crippen molar-refractivity contribution in [1.82, 2.24) is 0 Å². The van der Waals surface area contributed by atoms with Gasteiger partial charge in [-0.05, 0) is 35.9 Å². The van der Waals surface area contributed by atoms with Gasteiger partial charge < -0.3 is 14.4 Å². The standard InChI is InChI=1S/C20H20FN3O4/c1-4-11-24(13-14-5-7-15(21)8-6-14)16-9-10-17(22-19(25)27-2)18(12-16)23-20(26)28-3/h1,5-10,12H,11,13H2,2-3H3,(H,22,25)(H,23,26). The molecule has 2 aromatic carbocycles. The van der Waals surface area contributed by atoms with E-state index in [2.05, 4.69) is 26.0 Å². The second-order valence-corrected chi connectivity index (χ2v) is 5.65. The molecule has 2 N–H and O–H groups in total. The Morgan fingerprint density at radius 3 is 2.21 bits per heavy atom. The molecule has 2 rings (SSSR count). The molecule has 0 saturated heterocycles. The van der Waals surface area contributed by atoms with E-state index in [1.807, 2.05) is 4.90 Å². The summed E-state index contributed by atoms with van der Waals surface area (Å²) in [5, 5.41) is 5.05. The van der Waals surface area contributed by atoms with Crippen molar-refractivity contribution >= 4 is 29.2 Å². The van der Waals surface area contributed by atoms with E-state index in [0.29, 0.717) is 23.6 Å². The maximum Gasteiger partial charge on any atom is 0.411 e. The minimum atomic E-state index is -0.702. The van der Waals surface area contributed by atoms with E-state index in [-0.39, 0.29) is 12.4 Å². The number of benzene rings is 2. The Hall–Kier alpha value is -3.73. The Balaban J connectivity index is 2.35. The number of ether oxygens (including phenoxy) is 2. The number of hydrogen-bond acceptors (Lipinski definition) is 5. The number of hydrogen-bond donors (Lipinski definition) is 2. The number of amides is 2. The smallest absolute Gasteiger partial charge is 0.411 e. The molecule has 2 aromatic rings.